The van der Waals surface area contributed by atoms with E-state index in [4.69, 9.17) is 14.2 Å². The highest BCUT2D eigenvalue weighted by atomic mass is 16.5. The molecule has 0 aromatic heterocycles. The summed E-state index contributed by atoms with van der Waals surface area (Å²) in [6.45, 7) is 4.98. The lowest BCUT2D eigenvalue weighted by Gasteiger charge is -2.36. The van der Waals surface area contributed by atoms with E-state index in [1.165, 1.54) is 6.92 Å². The molecule has 7 nitrogen and oxygen atoms in total. The zero-order valence-corrected chi connectivity index (χ0v) is 18.4. The molecule has 0 atom stereocenters. The molecule has 0 spiro atoms. The van der Waals surface area contributed by atoms with Crippen LogP contribution in [0.4, 0.5) is 5.69 Å². The van der Waals surface area contributed by atoms with Crippen LogP contribution in [0, 0.1) is 0 Å². The number of carbonyl (C=O) groups is 2. The molecule has 1 heterocycles. The Bertz CT molecular complexity index is 889. The molecule has 1 fully saturated rings. The van der Waals surface area contributed by atoms with E-state index in [9.17, 15) is 9.59 Å². The van der Waals surface area contributed by atoms with Gasteiger partial charge in [0.25, 0.3) is 0 Å². The van der Waals surface area contributed by atoms with Gasteiger partial charge in [-0.1, -0.05) is 0 Å². The Hall–Kier alpha value is -3.22. The van der Waals surface area contributed by atoms with Gasteiger partial charge < -0.3 is 24.0 Å². The number of nitrogens with zero attached hydrogens (tertiary/aromatic N) is 2. The lowest BCUT2D eigenvalue weighted by Crippen LogP contribution is -2.48. The average Bonchev–Trinajstić information content (AvgIpc) is 2.81. The van der Waals surface area contributed by atoms with Crippen LogP contribution in [0.2, 0.25) is 0 Å². The van der Waals surface area contributed by atoms with Gasteiger partial charge in [0.2, 0.25) is 5.91 Å². The molecule has 2 aromatic carbocycles. The summed E-state index contributed by atoms with van der Waals surface area (Å²) in [4.78, 5) is 28.2. The summed E-state index contributed by atoms with van der Waals surface area (Å²) in [5.74, 6) is 2.06. The third kappa shape index (κ3) is 5.90. The minimum atomic E-state index is -0.0254. The van der Waals surface area contributed by atoms with Crippen molar-refractivity contribution in [1.82, 2.24) is 4.90 Å². The topological polar surface area (TPSA) is 68.3 Å². The van der Waals surface area contributed by atoms with E-state index in [0.29, 0.717) is 49.6 Å². The Morgan fingerprint density at radius 1 is 0.903 bits per heavy atom. The summed E-state index contributed by atoms with van der Waals surface area (Å²) in [6.07, 6.45) is 1.06. The Balaban J connectivity index is 1.41. The Labute approximate surface area is 183 Å². The van der Waals surface area contributed by atoms with E-state index in [-0.39, 0.29) is 11.7 Å². The SMILES string of the molecule is COc1ccc(N2CCN(C(=O)CCCOc3ccc(C(C)=O)cc3OC)CC2)cc1. The molecular formula is C24H30N2O5. The maximum absolute atomic E-state index is 12.6. The fraction of sp³-hybridized carbons (Fsp3) is 0.417. The van der Waals surface area contributed by atoms with E-state index in [0.717, 1.165) is 24.5 Å². The summed E-state index contributed by atoms with van der Waals surface area (Å²) < 4.78 is 16.3. The van der Waals surface area contributed by atoms with Crippen molar-refractivity contribution in [2.45, 2.75) is 19.8 Å². The highest BCUT2D eigenvalue weighted by molar-refractivity contribution is 5.94. The van der Waals surface area contributed by atoms with Crippen molar-refractivity contribution in [2.75, 3.05) is 51.9 Å². The van der Waals surface area contributed by atoms with Gasteiger partial charge in [0.05, 0.1) is 20.8 Å². The summed E-state index contributed by atoms with van der Waals surface area (Å²) in [7, 11) is 3.20. The minimum Gasteiger partial charge on any atom is -0.497 e. The predicted molar refractivity (Wildman–Crippen MR) is 120 cm³/mol. The van der Waals surface area contributed by atoms with Crippen molar-refractivity contribution < 1.29 is 23.8 Å². The Morgan fingerprint density at radius 2 is 1.61 bits per heavy atom. The van der Waals surface area contributed by atoms with Crippen molar-refractivity contribution in [2.24, 2.45) is 0 Å². The third-order valence-electron chi connectivity index (χ3n) is 5.43. The van der Waals surface area contributed by atoms with E-state index < -0.39 is 0 Å². The molecule has 1 amide bonds. The van der Waals surface area contributed by atoms with Gasteiger partial charge in [0, 0.05) is 43.9 Å². The number of rotatable bonds is 9. The molecule has 0 N–H and O–H groups in total. The molecule has 0 radical (unpaired) electrons. The van der Waals surface area contributed by atoms with Crippen molar-refractivity contribution >= 4 is 17.4 Å². The number of hydrogen-bond donors (Lipinski definition) is 0. The van der Waals surface area contributed by atoms with Gasteiger partial charge >= 0.3 is 0 Å². The standard InChI is InChI=1S/C24H30N2O5/c1-18(27)19-6-11-22(23(17-19)30-3)31-16-4-5-24(28)26-14-12-25(13-15-26)20-7-9-21(29-2)10-8-20/h6-11,17H,4-5,12-16H2,1-3H3. The maximum Gasteiger partial charge on any atom is 0.222 e. The highest BCUT2D eigenvalue weighted by Crippen LogP contribution is 2.28. The molecule has 7 heteroatoms. The second-order valence-corrected chi connectivity index (χ2v) is 7.44. The number of ketones is 1. The fourth-order valence-electron chi connectivity index (χ4n) is 3.58. The number of benzene rings is 2. The van der Waals surface area contributed by atoms with Crippen molar-refractivity contribution in [3.8, 4) is 17.2 Å². The van der Waals surface area contributed by atoms with Crippen LogP contribution < -0.4 is 19.1 Å². The zero-order chi connectivity index (χ0) is 22.2. The number of amides is 1. The monoisotopic (exact) mass is 426 g/mol. The van der Waals surface area contributed by atoms with Crippen molar-refractivity contribution in [1.29, 1.82) is 0 Å². The first-order chi connectivity index (χ1) is 15.0. The summed E-state index contributed by atoms with van der Waals surface area (Å²) >= 11 is 0. The second-order valence-electron chi connectivity index (χ2n) is 7.44. The van der Waals surface area contributed by atoms with E-state index in [2.05, 4.69) is 4.90 Å². The highest BCUT2D eigenvalue weighted by Gasteiger charge is 2.21. The number of anilines is 1. The van der Waals surface area contributed by atoms with Gasteiger partial charge in [-0.15, -0.1) is 0 Å². The van der Waals surface area contributed by atoms with Crippen LogP contribution in [-0.2, 0) is 4.79 Å². The van der Waals surface area contributed by atoms with Crippen LogP contribution >= 0.6 is 0 Å². The van der Waals surface area contributed by atoms with E-state index in [1.807, 2.05) is 29.2 Å². The third-order valence-corrected chi connectivity index (χ3v) is 5.43. The molecule has 166 valence electrons. The fourth-order valence-corrected chi connectivity index (χ4v) is 3.58. The van der Waals surface area contributed by atoms with E-state index in [1.54, 1.807) is 32.4 Å². The smallest absolute Gasteiger partial charge is 0.222 e. The van der Waals surface area contributed by atoms with Crippen LogP contribution in [0.25, 0.3) is 0 Å². The molecule has 0 saturated carbocycles. The number of methoxy groups -OCH3 is 2. The van der Waals surface area contributed by atoms with Gasteiger partial charge in [-0.05, 0) is 55.8 Å². The number of piperazine rings is 1. The van der Waals surface area contributed by atoms with Gasteiger partial charge in [0.15, 0.2) is 17.3 Å². The number of ether oxygens (including phenoxy) is 3. The lowest BCUT2D eigenvalue weighted by atomic mass is 10.1. The second kappa shape index (κ2) is 10.7. The zero-order valence-electron chi connectivity index (χ0n) is 18.4. The minimum absolute atomic E-state index is 0.0254. The Morgan fingerprint density at radius 3 is 2.23 bits per heavy atom. The predicted octanol–water partition coefficient (Wildman–Crippen LogP) is 3.41. The van der Waals surface area contributed by atoms with Crippen LogP contribution in [0.15, 0.2) is 42.5 Å². The van der Waals surface area contributed by atoms with Crippen LogP contribution in [0.5, 0.6) is 17.2 Å². The summed E-state index contributed by atoms with van der Waals surface area (Å²) in [5.41, 5.74) is 1.72. The molecule has 0 unspecified atom stereocenters. The summed E-state index contributed by atoms with van der Waals surface area (Å²) in [6, 6.07) is 13.1. The van der Waals surface area contributed by atoms with Crippen LogP contribution in [0.1, 0.15) is 30.1 Å². The maximum atomic E-state index is 12.6. The molecule has 31 heavy (non-hydrogen) atoms. The number of carbonyl (C=O) groups excluding carboxylic acids is 2. The van der Waals surface area contributed by atoms with Gasteiger partial charge in [-0.3, -0.25) is 9.59 Å². The first-order valence-corrected chi connectivity index (χ1v) is 10.5. The molecule has 0 aliphatic carbocycles. The van der Waals surface area contributed by atoms with Crippen LogP contribution in [0.3, 0.4) is 0 Å². The number of hydrogen-bond acceptors (Lipinski definition) is 6. The molecule has 2 aromatic rings. The molecule has 0 bridgehead atoms. The first kappa shape index (κ1) is 22.5. The van der Waals surface area contributed by atoms with Gasteiger partial charge in [-0.2, -0.15) is 0 Å². The molecule has 3 rings (SSSR count). The average molecular weight is 427 g/mol. The molecule has 1 saturated heterocycles. The summed E-state index contributed by atoms with van der Waals surface area (Å²) in [5, 5.41) is 0. The van der Waals surface area contributed by atoms with Gasteiger partial charge in [0.1, 0.15) is 5.75 Å². The Kier molecular flexibility index (Phi) is 7.76. The van der Waals surface area contributed by atoms with Crippen LogP contribution in [-0.4, -0.2) is 63.6 Å². The first-order valence-electron chi connectivity index (χ1n) is 10.5. The van der Waals surface area contributed by atoms with Crippen molar-refractivity contribution in [3.05, 3.63) is 48.0 Å². The molecule has 1 aliphatic heterocycles. The largest absolute Gasteiger partial charge is 0.497 e. The lowest BCUT2D eigenvalue weighted by molar-refractivity contribution is -0.131. The van der Waals surface area contributed by atoms with Gasteiger partial charge in [-0.25, -0.2) is 0 Å². The van der Waals surface area contributed by atoms with E-state index >= 15 is 0 Å². The van der Waals surface area contributed by atoms with Crippen molar-refractivity contribution in [3.63, 3.8) is 0 Å². The number of Topliss-reactive ketones (excluding diaryl/α,β-unsaturated/α-hetero) is 1. The normalized spacial score (nSPS) is 13.6. The molecular weight excluding hydrogens is 396 g/mol. The quantitative estimate of drug-likeness (QED) is 0.452. The molecule has 1 aliphatic rings.